The van der Waals surface area contributed by atoms with Gasteiger partial charge in [0.05, 0.1) is 13.2 Å². The Hall–Kier alpha value is -1.88. The molecule has 17 heavy (non-hydrogen) atoms. The van der Waals surface area contributed by atoms with Gasteiger partial charge in [0.1, 0.15) is 0 Å². The number of aliphatic hydroxyl groups is 1. The van der Waals surface area contributed by atoms with E-state index in [0.717, 1.165) is 0 Å². The summed E-state index contributed by atoms with van der Waals surface area (Å²) in [4.78, 5) is 22.7. The summed E-state index contributed by atoms with van der Waals surface area (Å²) in [6, 6.07) is 6.36. The van der Waals surface area contributed by atoms with Crippen molar-refractivity contribution in [2.24, 2.45) is 0 Å². The molecular weight excluding hydrogens is 224 g/mol. The highest BCUT2D eigenvalue weighted by atomic mass is 16.5. The molecule has 0 saturated heterocycles. The van der Waals surface area contributed by atoms with E-state index in [-0.39, 0.29) is 18.8 Å². The van der Waals surface area contributed by atoms with Crippen molar-refractivity contribution >= 4 is 11.9 Å². The van der Waals surface area contributed by atoms with Gasteiger partial charge in [-0.1, -0.05) is 24.3 Å². The molecule has 0 aliphatic carbocycles. The Balaban J connectivity index is 3.14. The molecule has 1 atom stereocenters. The molecule has 0 spiro atoms. The van der Waals surface area contributed by atoms with E-state index in [1.54, 1.807) is 25.1 Å². The van der Waals surface area contributed by atoms with E-state index < -0.39 is 17.9 Å². The molecule has 5 heteroatoms. The number of carboxylic acid groups (broad SMARTS) is 1. The first kappa shape index (κ1) is 13.2. The molecule has 0 heterocycles. The Morgan fingerprint density at radius 2 is 2.00 bits per heavy atom. The number of aliphatic carboxylic acids is 1. The quantitative estimate of drug-likeness (QED) is 0.588. The number of carbonyl (C=O) groups is 2. The van der Waals surface area contributed by atoms with Crippen LogP contribution in [0.1, 0.15) is 24.0 Å². The van der Waals surface area contributed by atoms with Gasteiger partial charge in [0.2, 0.25) is 0 Å². The van der Waals surface area contributed by atoms with E-state index >= 15 is 0 Å². The van der Waals surface area contributed by atoms with Gasteiger partial charge in [0.15, 0.2) is 5.92 Å². The Morgan fingerprint density at radius 3 is 2.53 bits per heavy atom. The van der Waals surface area contributed by atoms with Crippen LogP contribution in [0.25, 0.3) is 0 Å². The number of aliphatic hydroxyl groups excluding tert-OH is 1. The minimum atomic E-state index is -1.39. The predicted molar refractivity (Wildman–Crippen MR) is 59.4 cm³/mol. The Kier molecular flexibility index (Phi) is 4.66. The summed E-state index contributed by atoms with van der Waals surface area (Å²) >= 11 is 0. The number of hydrogen-bond donors (Lipinski definition) is 2. The van der Waals surface area contributed by atoms with Gasteiger partial charge in [-0.25, -0.2) is 0 Å². The summed E-state index contributed by atoms with van der Waals surface area (Å²) in [6.45, 7) is 1.40. The second kappa shape index (κ2) is 6.00. The lowest BCUT2D eigenvalue weighted by Gasteiger charge is -2.14. The molecule has 0 radical (unpaired) electrons. The molecule has 0 aromatic heterocycles. The third kappa shape index (κ3) is 3.04. The van der Waals surface area contributed by atoms with E-state index in [1.807, 2.05) is 0 Å². The predicted octanol–water partition coefficient (Wildman–Crippen LogP) is 0.910. The van der Waals surface area contributed by atoms with Crippen LogP contribution < -0.4 is 0 Å². The van der Waals surface area contributed by atoms with Crippen molar-refractivity contribution in [3.05, 3.63) is 35.4 Å². The maximum Gasteiger partial charge on any atom is 0.324 e. The molecule has 1 aromatic rings. The molecule has 0 amide bonds. The molecule has 1 unspecified atom stereocenters. The van der Waals surface area contributed by atoms with Gasteiger partial charge in [-0.05, 0) is 18.1 Å². The number of hydrogen-bond acceptors (Lipinski definition) is 4. The Morgan fingerprint density at radius 1 is 1.35 bits per heavy atom. The fourth-order valence-corrected chi connectivity index (χ4v) is 1.55. The van der Waals surface area contributed by atoms with E-state index in [9.17, 15) is 9.59 Å². The fraction of sp³-hybridized carbons (Fsp3) is 0.333. The van der Waals surface area contributed by atoms with Gasteiger partial charge < -0.3 is 14.9 Å². The number of esters is 1. The van der Waals surface area contributed by atoms with E-state index in [4.69, 9.17) is 14.9 Å². The van der Waals surface area contributed by atoms with Crippen molar-refractivity contribution in [1.82, 2.24) is 0 Å². The Labute approximate surface area is 98.6 Å². The molecule has 0 aliphatic rings. The molecule has 0 saturated carbocycles. The summed E-state index contributed by atoms with van der Waals surface area (Å²) in [5, 5.41) is 18.2. The summed E-state index contributed by atoms with van der Waals surface area (Å²) in [5.41, 5.74) is 0.675. The lowest BCUT2D eigenvalue weighted by atomic mass is 9.94. The number of ether oxygens (including phenoxy) is 1. The summed E-state index contributed by atoms with van der Waals surface area (Å²) in [6.07, 6.45) is 0. The molecule has 1 rings (SSSR count). The van der Waals surface area contributed by atoms with E-state index in [0.29, 0.717) is 5.56 Å². The first-order chi connectivity index (χ1) is 8.11. The van der Waals surface area contributed by atoms with Crippen LogP contribution in [0.4, 0.5) is 0 Å². The normalized spacial score (nSPS) is 11.9. The summed E-state index contributed by atoms with van der Waals surface area (Å²) in [5.74, 6) is -3.50. The van der Waals surface area contributed by atoms with Crippen molar-refractivity contribution in [1.29, 1.82) is 0 Å². The minimum Gasteiger partial charge on any atom is -0.480 e. The maximum atomic E-state index is 11.6. The number of carbonyl (C=O) groups excluding carboxylic acids is 1. The van der Waals surface area contributed by atoms with E-state index in [2.05, 4.69) is 0 Å². The maximum absolute atomic E-state index is 11.6. The lowest BCUT2D eigenvalue weighted by Crippen LogP contribution is -2.25. The summed E-state index contributed by atoms with van der Waals surface area (Å²) < 4.78 is 4.72. The fourth-order valence-electron chi connectivity index (χ4n) is 1.55. The number of rotatable bonds is 5. The van der Waals surface area contributed by atoms with Gasteiger partial charge in [0.25, 0.3) is 0 Å². The largest absolute Gasteiger partial charge is 0.480 e. The second-order valence-electron chi connectivity index (χ2n) is 3.38. The average molecular weight is 238 g/mol. The minimum absolute atomic E-state index is 0.115. The molecular formula is C12H14O5. The molecule has 1 aromatic carbocycles. The lowest BCUT2D eigenvalue weighted by molar-refractivity contribution is -0.153. The SMILES string of the molecule is CCOC(=O)C(C(=O)O)c1ccccc1CO. The molecule has 0 bridgehead atoms. The van der Waals surface area contributed by atoms with Crippen molar-refractivity contribution in [3.63, 3.8) is 0 Å². The van der Waals surface area contributed by atoms with Gasteiger partial charge in [-0.3, -0.25) is 9.59 Å². The smallest absolute Gasteiger partial charge is 0.324 e. The van der Waals surface area contributed by atoms with Crippen LogP contribution in [0.5, 0.6) is 0 Å². The number of benzene rings is 1. The van der Waals surface area contributed by atoms with E-state index in [1.165, 1.54) is 6.07 Å². The van der Waals surface area contributed by atoms with Crippen LogP contribution in [-0.4, -0.2) is 28.8 Å². The molecule has 0 aliphatic heterocycles. The van der Waals surface area contributed by atoms with Gasteiger partial charge in [-0.2, -0.15) is 0 Å². The van der Waals surface area contributed by atoms with Crippen molar-refractivity contribution in [2.75, 3.05) is 6.61 Å². The topological polar surface area (TPSA) is 83.8 Å². The zero-order valence-corrected chi connectivity index (χ0v) is 9.42. The van der Waals surface area contributed by atoms with Crippen LogP contribution in [0.3, 0.4) is 0 Å². The highest BCUT2D eigenvalue weighted by Gasteiger charge is 2.31. The van der Waals surface area contributed by atoms with Gasteiger partial charge in [0, 0.05) is 0 Å². The van der Waals surface area contributed by atoms with Crippen LogP contribution in [0, 0.1) is 0 Å². The van der Waals surface area contributed by atoms with Crippen molar-refractivity contribution < 1.29 is 24.5 Å². The zero-order chi connectivity index (χ0) is 12.8. The molecule has 92 valence electrons. The van der Waals surface area contributed by atoms with Crippen LogP contribution in [0.15, 0.2) is 24.3 Å². The molecule has 0 fully saturated rings. The average Bonchev–Trinajstić information content (AvgIpc) is 2.30. The zero-order valence-electron chi connectivity index (χ0n) is 9.42. The van der Waals surface area contributed by atoms with Crippen LogP contribution in [0.2, 0.25) is 0 Å². The third-order valence-corrected chi connectivity index (χ3v) is 2.31. The molecule has 5 nitrogen and oxygen atoms in total. The van der Waals surface area contributed by atoms with Gasteiger partial charge in [-0.15, -0.1) is 0 Å². The number of carboxylic acids is 1. The Bertz CT molecular complexity index is 413. The van der Waals surface area contributed by atoms with Gasteiger partial charge >= 0.3 is 11.9 Å². The first-order valence-electron chi connectivity index (χ1n) is 5.19. The second-order valence-corrected chi connectivity index (χ2v) is 3.38. The monoisotopic (exact) mass is 238 g/mol. The van der Waals surface area contributed by atoms with Crippen molar-refractivity contribution in [3.8, 4) is 0 Å². The third-order valence-electron chi connectivity index (χ3n) is 2.31. The highest BCUT2D eigenvalue weighted by Crippen LogP contribution is 2.22. The van der Waals surface area contributed by atoms with Crippen molar-refractivity contribution in [2.45, 2.75) is 19.4 Å². The summed E-state index contributed by atoms with van der Waals surface area (Å²) in [7, 11) is 0. The highest BCUT2D eigenvalue weighted by molar-refractivity contribution is 6.00. The van der Waals surface area contributed by atoms with Crippen LogP contribution in [-0.2, 0) is 20.9 Å². The standard InChI is InChI=1S/C12H14O5/c1-2-17-12(16)10(11(14)15)9-6-4-3-5-8(9)7-13/h3-6,10,13H,2,7H2,1H3,(H,14,15). The molecule has 2 N–H and O–H groups in total. The first-order valence-corrected chi connectivity index (χ1v) is 5.19. The van der Waals surface area contributed by atoms with Crippen LogP contribution >= 0.6 is 0 Å².